The molecule has 0 aliphatic rings. The molecule has 0 aliphatic heterocycles. The number of rotatable bonds is 2. The van der Waals surface area contributed by atoms with E-state index in [0.717, 1.165) is 44.3 Å². The molecule has 0 spiro atoms. The number of hydrogen-bond acceptors (Lipinski definition) is 2. The Morgan fingerprint density at radius 3 is 1.23 bits per heavy atom. The monoisotopic (exact) mass is 556 g/mol. The van der Waals surface area contributed by atoms with Crippen LogP contribution >= 0.6 is 0 Å². The van der Waals surface area contributed by atoms with Crippen molar-refractivity contribution in [2.75, 3.05) is 0 Å². The summed E-state index contributed by atoms with van der Waals surface area (Å²) in [6.45, 7) is 0. The molecular weight excluding hydrogens is 532 g/mol. The third-order valence-electron chi connectivity index (χ3n) is 9.31. The van der Waals surface area contributed by atoms with Gasteiger partial charge < -0.3 is 0 Å². The summed E-state index contributed by atoms with van der Waals surface area (Å²) in [5, 5.41) is 14.7. The van der Waals surface area contributed by atoms with Gasteiger partial charge in [-0.15, -0.1) is 0 Å². The maximum atomic E-state index is 5.28. The number of hydrogen-bond donors (Lipinski definition) is 0. The molecule has 10 rings (SSSR count). The van der Waals surface area contributed by atoms with Crippen molar-refractivity contribution in [2.24, 2.45) is 0 Å². The van der Waals surface area contributed by atoms with Gasteiger partial charge in [-0.25, -0.2) is 9.97 Å². The summed E-state index contributed by atoms with van der Waals surface area (Å²) in [4.78, 5) is 10.6. The second-order valence-corrected chi connectivity index (χ2v) is 11.8. The standard InChI is InChI=1S/C42H24N2/c1-3-8-29-22-39-31(20-27(29)6-1)14-18-37(43-39)35-24-36(34-17-13-26-11-5-10-25-12-16-33(35)42(34)41(25)26)38-19-15-32-21-28-7-2-4-9-30(28)23-40(32)44-38/h1-24H. The number of aromatic nitrogens is 2. The highest BCUT2D eigenvalue weighted by atomic mass is 14.7. The first-order valence-electron chi connectivity index (χ1n) is 15.1. The first-order valence-corrected chi connectivity index (χ1v) is 15.1. The zero-order chi connectivity index (χ0) is 28.8. The van der Waals surface area contributed by atoms with Crippen molar-refractivity contribution in [1.29, 1.82) is 0 Å². The molecule has 0 atom stereocenters. The van der Waals surface area contributed by atoms with Gasteiger partial charge in [-0.3, -0.25) is 0 Å². The van der Waals surface area contributed by atoms with Gasteiger partial charge in [0.15, 0.2) is 0 Å². The van der Waals surface area contributed by atoms with E-state index >= 15 is 0 Å². The van der Waals surface area contributed by atoms with Crippen molar-refractivity contribution in [1.82, 2.24) is 9.97 Å². The normalized spacial score (nSPS) is 12.1. The molecule has 0 N–H and O–H groups in total. The number of benzene rings is 8. The maximum Gasteiger partial charge on any atom is 0.0716 e. The third-order valence-corrected chi connectivity index (χ3v) is 9.31. The predicted molar refractivity (Wildman–Crippen MR) is 187 cm³/mol. The molecule has 0 aliphatic carbocycles. The van der Waals surface area contributed by atoms with E-state index < -0.39 is 0 Å². The van der Waals surface area contributed by atoms with Gasteiger partial charge >= 0.3 is 0 Å². The van der Waals surface area contributed by atoms with Crippen molar-refractivity contribution in [3.05, 3.63) is 146 Å². The van der Waals surface area contributed by atoms with Crippen LogP contribution in [0, 0.1) is 0 Å². The average Bonchev–Trinajstić information content (AvgIpc) is 3.08. The Morgan fingerprint density at radius 2 is 0.727 bits per heavy atom. The molecule has 2 heteroatoms. The molecular formula is C42H24N2. The van der Waals surface area contributed by atoms with Crippen LogP contribution in [0.25, 0.3) is 98.2 Å². The highest BCUT2D eigenvalue weighted by Crippen LogP contribution is 2.44. The van der Waals surface area contributed by atoms with Crippen LogP contribution in [0.3, 0.4) is 0 Å². The summed E-state index contributed by atoms with van der Waals surface area (Å²) in [5.74, 6) is 0. The summed E-state index contributed by atoms with van der Waals surface area (Å²) in [6, 6.07) is 52.6. The zero-order valence-corrected chi connectivity index (χ0v) is 23.8. The Morgan fingerprint density at radius 1 is 0.295 bits per heavy atom. The van der Waals surface area contributed by atoms with Crippen LogP contribution in [-0.2, 0) is 0 Å². The minimum absolute atomic E-state index is 0.971. The molecule has 10 aromatic rings. The minimum atomic E-state index is 0.971. The van der Waals surface area contributed by atoms with Gasteiger partial charge in [0, 0.05) is 21.9 Å². The molecule has 44 heavy (non-hydrogen) atoms. The summed E-state index contributed by atoms with van der Waals surface area (Å²) in [6.07, 6.45) is 0. The summed E-state index contributed by atoms with van der Waals surface area (Å²) in [5.41, 5.74) is 6.20. The first-order chi connectivity index (χ1) is 21.8. The van der Waals surface area contributed by atoms with Crippen molar-refractivity contribution in [3.63, 3.8) is 0 Å². The number of nitrogens with zero attached hydrogens (tertiary/aromatic N) is 2. The minimum Gasteiger partial charge on any atom is -0.248 e. The van der Waals surface area contributed by atoms with Crippen LogP contribution in [0.2, 0.25) is 0 Å². The second kappa shape index (κ2) is 8.82. The summed E-state index contributed by atoms with van der Waals surface area (Å²) in [7, 11) is 0. The molecule has 0 saturated carbocycles. The average molecular weight is 557 g/mol. The fourth-order valence-electron chi connectivity index (χ4n) is 7.18. The largest absolute Gasteiger partial charge is 0.248 e. The fraction of sp³-hybridized carbons (Fsp3) is 0. The molecule has 0 radical (unpaired) electrons. The smallest absolute Gasteiger partial charge is 0.0716 e. The van der Waals surface area contributed by atoms with Gasteiger partial charge in [0.05, 0.1) is 22.4 Å². The van der Waals surface area contributed by atoms with Crippen LogP contribution in [0.15, 0.2) is 146 Å². The number of fused-ring (bicyclic) bond motifs is 4. The van der Waals surface area contributed by atoms with Gasteiger partial charge in [0.25, 0.3) is 0 Å². The lowest BCUT2D eigenvalue weighted by Gasteiger charge is -2.18. The van der Waals surface area contributed by atoms with E-state index in [1.807, 2.05) is 0 Å². The summed E-state index contributed by atoms with van der Waals surface area (Å²) < 4.78 is 0. The highest BCUT2D eigenvalue weighted by Gasteiger charge is 2.18. The Kier molecular flexibility index (Phi) is 4.75. The lowest BCUT2D eigenvalue weighted by molar-refractivity contribution is 1.40. The quantitative estimate of drug-likeness (QED) is 0.156. The summed E-state index contributed by atoms with van der Waals surface area (Å²) >= 11 is 0. The van der Waals surface area contributed by atoms with Crippen LogP contribution in [0.5, 0.6) is 0 Å². The lowest BCUT2D eigenvalue weighted by Crippen LogP contribution is -1.94. The first kappa shape index (κ1) is 23.7. The lowest BCUT2D eigenvalue weighted by atomic mass is 9.87. The molecule has 2 heterocycles. The second-order valence-electron chi connectivity index (χ2n) is 11.8. The zero-order valence-electron chi connectivity index (χ0n) is 23.8. The Labute approximate surface area is 253 Å². The fourth-order valence-corrected chi connectivity index (χ4v) is 7.18. The molecule has 2 aromatic heterocycles. The molecule has 0 unspecified atom stereocenters. The van der Waals surface area contributed by atoms with Gasteiger partial charge in [0.1, 0.15) is 0 Å². The molecule has 2 nitrogen and oxygen atoms in total. The van der Waals surface area contributed by atoms with E-state index in [-0.39, 0.29) is 0 Å². The number of pyridine rings is 2. The predicted octanol–water partition coefficient (Wildman–Crippen LogP) is 11.3. The molecule has 8 aromatic carbocycles. The molecule has 0 fully saturated rings. The van der Waals surface area contributed by atoms with Crippen molar-refractivity contribution >= 4 is 75.7 Å². The highest BCUT2D eigenvalue weighted by molar-refractivity contribution is 6.28. The van der Waals surface area contributed by atoms with Crippen molar-refractivity contribution in [3.8, 4) is 22.5 Å². The van der Waals surface area contributed by atoms with Crippen molar-refractivity contribution in [2.45, 2.75) is 0 Å². The van der Waals surface area contributed by atoms with Crippen LogP contribution in [0.1, 0.15) is 0 Å². The van der Waals surface area contributed by atoms with Gasteiger partial charge in [-0.1, -0.05) is 103 Å². The van der Waals surface area contributed by atoms with Crippen LogP contribution < -0.4 is 0 Å². The van der Waals surface area contributed by atoms with Crippen molar-refractivity contribution < 1.29 is 0 Å². The van der Waals surface area contributed by atoms with Crippen LogP contribution in [0.4, 0.5) is 0 Å². The Bertz CT molecular complexity index is 2590. The maximum absolute atomic E-state index is 5.28. The van der Waals surface area contributed by atoms with E-state index in [9.17, 15) is 0 Å². The van der Waals surface area contributed by atoms with Gasteiger partial charge in [0.2, 0.25) is 0 Å². The third kappa shape index (κ3) is 3.43. The molecule has 202 valence electrons. The van der Waals surface area contributed by atoms with E-state index in [4.69, 9.17) is 9.97 Å². The van der Waals surface area contributed by atoms with E-state index in [1.54, 1.807) is 0 Å². The van der Waals surface area contributed by atoms with E-state index in [0.29, 0.717) is 0 Å². The van der Waals surface area contributed by atoms with Gasteiger partial charge in [-0.2, -0.15) is 0 Å². The Balaban J connectivity index is 1.29. The molecule has 0 saturated heterocycles. The van der Waals surface area contributed by atoms with E-state index in [1.165, 1.54) is 53.9 Å². The topological polar surface area (TPSA) is 25.8 Å². The van der Waals surface area contributed by atoms with Gasteiger partial charge in [-0.05, 0) is 96.3 Å². The SMILES string of the molecule is c1ccc2cc3nc(-c4cc(-c5ccc6cc7ccccc7cc6n5)c5ccc6cccc7ccc4c5c76)ccc3cc2c1. The molecule has 0 bridgehead atoms. The molecule has 0 amide bonds. The van der Waals surface area contributed by atoms with Crippen LogP contribution in [-0.4, -0.2) is 9.97 Å². The Hall–Kier alpha value is -5.86. The van der Waals surface area contributed by atoms with E-state index in [2.05, 4.69) is 146 Å².